The van der Waals surface area contributed by atoms with Crippen LogP contribution < -0.4 is 5.32 Å². The van der Waals surface area contributed by atoms with Crippen molar-refractivity contribution in [2.24, 2.45) is 0 Å². The molecule has 0 fully saturated rings. The van der Waals surface area contributed by atoms with E-state index in [1.807, 2.05) is 22.2 Å². The first-order chi connectivity index (χ1) is 11.5. The average Bonchev–Trinajstić information content (AvgIpc) is 3.19. The molecule has 0 aliphatic rings. The number of thiophene rings is 1. The fourth-order valence-electron chi connectivity index (χ4n) is 2.01. The summed E-state index contributed by atoms with van der Waals surface area (Å²) >= 11 is 8.81. The number of nitrogens with zero attached hydrogens (tertiary/aromatic N) is 2. The van der Waals surface area contributed by atoms with Gasteiger partial charge in [0.1, 0.15) is 10.0 Å². The molecule has 1 aromatic carbocycles. The Morgan fingerprint density at radius 2 is 2.17 bits per heavy atom. The lowest BCUT2D eigenvalue weighted by molar-refractivity contribution is -0.384. The van der Waals surface area contributed by atoms with Gasteiger partial charge in [0.25, 0.3) is 5.69 Å². The van der Waals surface area contributed by atoms with Crippen molar-refractivity contribution in [3.05, 3.63) is 61.2 Å². The van der Waals surface area contributed by atoms with Gasteiger partial charge in [-0.25, -0.2) is 4.98 Å². The molecule has 24 heavy (non-hydrogen) atoms. The van der Waals surface area contributed by atoms with Crippen molar-refractivity contribution in [2.75, 3.05) is 5.32 Å². The maximum absolute atomic E-state index is 12.1. The average molecular weight is 380 g/mol. The van der Waals surface area contributed by atoms with Gasteiger partial charge in [-0.05, 0) is 23.6 Å². The summed E-state index contributed by atoms with van der Waals surface area (Å²) in [4.78, 5) is 26.8. The third-order valence-corrected chi connectivity index (χ3v) is 5.03. The number of nitro benzene ring substituents is 1. The van der Waals surface area contributed by atoms with E-state index in [4.69, 9.17) is 11.6 Å². The lowest BCUT2D eigenvalue weighted by atomic mass is 10.2. The Hall–Kier alpha value is -2.29. The monoisotopic (exact) mass is 379 g/mol. The highest BCUT2D eigenvalue weighted by molar-refractivity contribution is 7.14. The van der Waals surface area contributed by atoms with E-state index < -0.39 is 4.92 Å². The minimum absolute atomic E-state index is 0.0258. The third kappa shape index (κ3) is 3.78. The molecule has 0 atom stereocenters. The highest BCUT2D eigenvalue weighted by Gasteiger charge is 2.15. The first-order valence-corrected chi connectivity index (χ1v) is 8.94. The first kappa shape index (κ1) is 16.6. The van der Waals surface area contributed by atoms with Crippen LogP contribution in [0, 0.1) is 10.1 Å². The van der Waals surface area contributed by atoms with E-state index in [0.29, 0.717) is 11.4 Å². The highest BCUT2D eigenvalue weighted by atomic mass is 35.5. The summed E-state index contributed by atoms with van der Waals surface area (Å²) < 4.78 is 0. The van der Waals surface area contributed by atoms with Crippen LogP contribution in [0.25, 0.3) is 10.6 Å². The summed E-state index contributed by atoms with van der Waals surface area (Å²) in [6.45, 7) is 0. The summed E-state index contributed by atoms with van der Waals surface area (Å²) in [5.74, 6) is -0.297. The molecule has 9 heteroatoms. The molecule has 122 valence electrons. The van der Waals surface area contributed by atoms with Crippen LogP contribution in [0.1, 0.15) is 5.69 Å². The molecular formula is C15H10ClN3O3S2. The van der Waals surface area contributed by atoms with Crippen molar-refractivity contribution < 1.29 is 9.72 Å². The van der Waals surface area contributed by atoms with Crippen LogP contribution in [-0.2, 0) is 11.2 Å². The van der Waals surface area contributed by atoms with Gasteiger partial charge < -0.3 is 5.32 Å². The van der Waals surface area contributed by atoms with Crippen LogP contribution in [0.4, 0.5) is 11.4 Å². The number of halogens is 1. The predicted molar refractivity (Wildman–Crippen MR) is 95.9 cm³/mol. The number of nitrogens with one attached hydrogen (secondary N) is 1. The van der Waals surface area contributed by atoms with E-state index in [9.17, 15) is 14.9 Å². The van der Waals surface area contributed by atoms with E-state index in [0.717, 1.165) is 10.6 Å². The zero-order chi connectivity index (χ0) is 17.1. The Morgan fingerprint density at radius 3 is 2.88 bits per heavy atom. The van der Waals surface area contributed by atoms with Gasteiger partial charge in [0.05, 0.1) is 17.0 Å². The summed E-state index contributed by atoms with van der Waals surface area (Å²) in [5, 5.41) is 20.2. The van der Waals surface area contributed by atoms with E-state index in [2.05, 4.69) is 10.3 Å². The van der Waals surface area contributed by atoms with Crippen molar-refractivity contribution in [1.82, 2.24) is 4.98 Å². The molecular weight excluding hydrogens is 370 g/mol. The molecule has 2 aromatic heterocycles. The molecule has 0 saturated heterocycles. The number of aromatic nitrogens is 1. The number of hydrogen-bond donors (Lipinski definition) is 1. The van der Waals surface area contributed by atoms with E-state index in [1.54, 1.807) is 11.3 Å². The Labute approximate surface area is 149 Å². The molecule has 6 nitrogen and oxygen atoms in total. The Morgan fingerprint density at radius 1 is 1.33 bits per heavy atom. The SMILES string of the molecule is O=C(Cc1csc(-c2ccsc2)n1)Nc1ccc(Cl)c([N+](=O)[O-])c1. The highest BCUT2D eigenvalue weighted by Crippen LogP contribution is 2.28. The number of amides is 1. The van der Waals surface area contributed by atoms with Gasteiger partial charge in [-0.15, -0.1) is 11.3 Å². The first-order valence-electron chi connectivity index (χ1n) is 6.73. The van der Waals surface area contributed by atoms with Gasteiger partial charge in [0, 0.05) is 28.1 Å². The molecule has 0 aliphatic heterocycles. The topological polar surface area (TPSA) is 85.1 Å². The molecule has 3 aromatic rings. The minimum Gasteiger partial charge on any atom is -0.325 e. The molecule has 2 heterocycles. The number of benzene rings is 1. The van der Waals surface area contributed by atoms with Crippen LogP contribution in [0.3, 0.4) is 0 Å². The standard InChI is InChI=1S/C15H10ClN3O3S2/c16-12-2-1-10(5-13(12)19(21)22)17-14(20)6-11-8-24-15(18-11)9-3-4-23-7-9/h1-5,7-8H,6H2,(H,17,20). The van der Waals surface area contributed by atoms with E-state index in [1.165, 1.54) is 29.5 Å². The molecule has 0 radical (unpaired) electrons. The van der Waals surface area contributed by atoms with E-state index >= 15 is 0 Å². The second-order valence-electron chi connectivity index (χ2n) is 4.80. The largest absolute Gasteiger partial charge is 0.325 e. The maximum atomic E-state index is 12.1. The van der Waals surface area contributed by atoms with Crippen LogP contribution in [0.5, 0.6) is 0 Å². The zero-order valence-corrected chi connectivity index (χ0v) is 14.5. The Kier molecular flexibility index (Phi) is 4.89. The molecule has 0 bridgehead atoms. The molecule has 0 aliphatic carbocycles. The van der Waals surface area contributed by atoms with E-state index in [-0.39, 0.29) is 23.0 Å². The van der Waals surface area contributed by atoms with Crippen LogP contribution in [-0.4, -0.2) is 15.8 Å². The summed E-state index contributed by atoms with van der Waals surface area (Å²) in [6.07, 6.45) is 0.0943. The Bertz CT molecular complexity index is 893. The predicted octanol–water partition coefficient (Wildman–Crippen LogP) is 4.61. The molecule has 1 N–H and O–H groups in total. The van der Waals surface area contributed by atoms with Crippen molar-refractivity contribution >= 4 is 51.6 Å². The second kappa shape index (κ2) is 7.08. The smallest absolute Gasteiger partial charge is 0.289 e. The lowest BCUT2D eigenvalue weighted by Gasteiger charge is -2.04. The number of rotatable bonds is 5. The number of anilines is 1. The normalized spacial score (nSPS) is 10.5. The molecule has 0 spiro atoms. The number of carbonyl (C=O) groups is 1. The second-order valence-corrected chi connectivity index (χ2v) is 6.85. The van der Waals surface area contributed by atoms with Crippen molar-refractivity contribution in [2.45, 2.75) is 6.42 Å². The number of carbonyl (C=O) groups excluding carboxylic acids is 1. The van der Waals surface area contributed by atoms with Gasteiger partial charge in [0.2, 0.25) is 5.91 Å². The van der Waals surface area contributed by atoms with Gasteiger partial charge in [-0.3, -0.25) is 14.9 Å². The lowest BCUT2D eigenvalue weighted by Crippen LogP contribution is -2.14. The summed E-state index contributed by atoms with van der Waals surface area (Å²) in [7, 11) is 0. The van der Waals surface area contributed by atoms with Gasteiger partial charge in [-0.2, -0.15) is 11.3 Å². The minimum atomic E-state index is -0.592. The molecule has 3 rings (SSSR count). The van der Waals surface area contributed by atoms with Crippen molar-refractivity contribution in [3.8, 4) is 10.6 Å². The number of thiazole rings is 1. The van der Waals surface area contributed by atoms with Crippen molar-refractivity contribution in [1.29, 1.82) is 0 Å². The maximum Gasteiger partial charge on any atom is 0.289 e. The zero-order valence-electron chi connectivity index (χ0n) is 12.1. The van der Waals surface area contributed by atoms with Gasteiger partial charge in [-0.1, -0.05) is 11.6 Å². The molecule has 0 unspecified atom stereocenters. The summed E-state index contributed by atoms with van der Waals surface area (Å²) in [6, 6.07) is 6.11. The number of hydrogen-bond acceptors (Lipinski definition) is 6. The van der Waals surface area contributed by atoms with Crippen LogP contribution in [0.15, 0.2) is 40.4 Å². The fourth-order valence-corrected chi connectivity index (χ4v) is 3.73. The quantitative estimate of drug-likeness (QED) is 0.518. The van der Waals surface area contributed by atoms with Gasteiger partial charge in [0.15, 0.2) is 0 Å². The fraction of sp³-hybridized carbons (Fsp3) is 0.0667. The van der Waals surface area contributed by atoms with Crippen LogP contribution in [0.2, 0.25) is 5.02 Å². The summed E-state index contributed by atoms with van der Waals surface area (Å²) in [5.41, 5.74) is 1.76. The molecule has 1 amide bonds. The molecule has 0 saturated carbocycles. The van der Waals surface area contributed by atoms with Crippen LogP contribution >= 0.6 is 34.3 Å². The Balaban J connectivity index is 1.68. The third-order valence-electron chi connectivity index (χ3n) is 3.09. The van der Waals surface area contributed by atoms with Gasteiger partial charge >= 0.3 is 0 Å². The number of nitro groups is 1. The van der Waals surface area contributed by atoms with Crippen molar-refractivity contribution in [3.63, 3.8) is 0 Å².